The zero-order valence-corrected chi connectivity index (χ0v) is 18.6. The van der Waals surface area contributed by atoms with Gasteiger partial charge in [0.15, 0.2) is 0 Å². The smallest absolute Gasteiger partial charge is 0.0349 e. The molecule has 120 valence electrons. The minimum absolute atomic E-state index is 0.102. The van der Waals surface area contributed by atoms with Crippen LogP contribution < -0.4 is 5.30 Å². The highest BCUT2D eigenvalue weighted by Crippen LogP contribution is 2.66. The van der Waals surface area contributed by atoms with Gasteiger partial charge >= 0.3 is 0 Å². The Morgan fingerprint density at radius 3 is 2.14 bits per heavy atom. The fourth-order valence-corrected chi connectivity index (χ4v) is 6.93. The second kappa shape index (κ2) is 6.69. The number of hydrogen-bond donors (Lipinski definition) is 0. The summed E-state index contributed by atoms with van der Waals surface area (Å²) >= 11 is 0. The summed E-state index contributed by atoms with van der Waals surface area (Å²) in [4.78, 5) is 4.40. The first-order valence-corrected chi connectivity index (χ1v) is 14.1. The standard InChI is InChI=1S/C17H27NP4/c1-16(2,3)14-12-10-18-8-7-11(12)9-13(22(20)21-19)15(14)17(4,5)6/h7-10,21H,19-20H2,1-6H3. The molecule has 5 heteroatoms. The van der Waals surface area contributed by atoms with Crippen molar-refractivity contribution in [2.45, 2.75) is 52.4 Å². The number of nitrogens with zero attached hydrogens (tertiary/aromatic N) is 1. The van der Waals surface area contributed by atoms with E-state index in [0.717, 1.165) is 7.96 Å². The van der Waals surface area contributed by atoms with Gasteiger partial charge in [0, 0.05) is 17.8 Å². The molecule has 0 radical (unpaired) electrons. The van der Waals surface area contributed by atoms with Crippen molar-refractivity contribution in [2.75, 3.05) is 0 Å². The summed E-state index contributed by atoms with van der Waals surface area (Å²) in [5, 5.41) is 4.16. The maximum atomic E-state index is 4.40. The van der Waals surface area contributed by atoms with E-state index < -0.39 is 0 Å². The van der Waals surface area contributed by atoms with Gasteiger partial charge in [-0.25, -0.2) is 0 Å². The first-order chi connectivity index (χ1) is 10.1. The van der Waals surface area contributed by atoms with Gasteiger partial charge in [0.2, 0.25) is 0 Å². The second-order valence-electron chi connectivity index (χ2n) is 7.74. The van der Waals surface area contributed by atoms with E-state index >= 15 is 0 Å². The van der Waals surface area contributed by atoms with Crippen LogP contribution in [0.1, 0.15) is 52.7 Å². The summed E-state index contributed by atoms with van der Waals surface area (Å²) in [7, 11) is 6.69. The van der Waals surface area contributed by atoms with Crippen LogP contribution in [0.2, 0.25) is 0 Å². The van der Waals surface area contributed by atoms with Crippen molar-refractivity contribution in [1.29, 1.82) is 0 Å². The van der Waals surface area contributed by atoms with Crippen molar-refractivity contribution >= 4 is 49.2 Å². The van der Waals surface area contributed by atoms with Gasteiger partial charge in [-0.3, -0.25) is 4.98 Å². The molecule has 0 aliphatic heterocycles. The van der Waals surface area contributed by atoms with Gasteiger partial charge in [0.25, 0.3) is 0 Å². The molecule has 4 unspecified atom stereocenters. The minimum atomic E-state index is -0.208. The monoisotopic (exact) mass is 369 g/mol. The first-order valence-electron chi connectivity index (χ1n) is 7.50. The highest BCUT2D eigenvalue weighted by Gasteiger charge is 2.31. The average Bonchev–Trinajstić information content (AvgIpc) is 2.42. The molecule has 2 aromatic rings. The summed E-state index contributed by atoms with van der Waals surface area (Å²) in [6, 6.07) is 4.56. The fourth-order valence-electron chi connectivity index (χ4n) is 3.02. The maximum Gasteiger partial charge on any atom is 0.0349 e. The molecule has 1 aromatic heterocycles. The lowest BCUT2D eigenvalue weighted by atomic mass is 9.73. The molecular weight excluding hydrogens is 342 g/mol. The third-order valence-electron chi connectivity index (χ3n) is 3.82. The number of pyridine rings is 1. The van der Waals surface area contributed by atoms with Crippen LogP contribution in [0.25, 0.3) is 10.8 Å². The van der Waals surface area contributed by atoms with Gasteiger partial charge in [-0.2, -0.15) is 0 Å². The van der Waals surface area contributed by atoms with E-state index in [2.05, 4.69) is 76.5 Å². The molecule has 0 amide bonds. The Kier molecular flexibility index (Phi) is 5.68. The zero-order valence-electron chi connectivity index (χ0n) is 14.4. The molecule has 0 bridgehead atoms. The van der Waals surface area contributed by atoms with Crippen LogP contribution in [-0.2, 0) is 10.8 Å². The normalized spacial score (nSPS) is 14.9. The summed E-state index contributed by atoms with van der Waals surface area (Å²) in [6.07, 6.45) is 3.95. The van der Waals surface area contributed by atoms with Gasteiger partial charge in [0.05, 0.1) is 0 Å². The van der Waals surface area contributed by atoms with Crippen LogP contribution in [0.4, 0.5) is 0 Å². The predicted molar refractivity (Wildman–Crippen MR) is 113 cm³/mol. The van der Waals surface area contributed by atoms with Crippen LogP contribution in [0.3, 0.4) is 0 Å². The Morgan fingerprint density at radius 2 is 1.64 bits per heavy atom. The predicted octanol–water partition coefficient (Wildman–Crippen LogP) is 6.11. The van der Waals surface area contributed by atoms with Gasteiger partial charge < -0.3 is 0 Å². The van der Waals surface area contributed by atoms with Crippen molar-refractivity contribution < 1.29 is 0 Å². The van der Waals surface area contributed by atoms with E-state index in [1.54, 1.807) is 0 Å². The highest BCUT2D eigenvalue weighted by molar-refractivity contribution is 8.63. The van der Waals surface area contributed by atoms with Crippen molar-refractivity contribution in [3.05, 3.63) is 35.7 Å². The molecular formula is C17H27NP4. The number of benzene rings is 1. The highest BCUT2D eigenvalue weighted by atomic mass is 32.6. The molecule has 1 aromatic carbocycles. The lowest BCUT2D eigenvalue weighted by molar-refractivity contribution is 0.537. The lowest BCUT2D eigenvalue weighted by Crippen LogP contribution is -2.28. The maximum absolute atomic E-state index is 4.40. The third kappa shape index (κ3) is 3.70. The van der Waals surface area contributed by atoms with Crippen LogP contribution in [0.15, 0.2) is 24.5 Å². The van der Waals surface area contributed by atoms with Crippen molar-refractivity contribution in [1.82, 2.24) is 4.98 Å². The van der Waals surface area contributed by atoms with Gasteiger partial charge in [0.1, 0.15) is 0 Å². The van der Waals surface area contributed by atoms with Crippen molar-refractivity contribution in [2.24, 2.45) is 0 Å². The zero-order chi connectivity index (χ0) is 16.7. The summed E-state index contributed by atoms with van der Waals surface area (Å²) in [6.45, 7) is 14.0. The Hall–Kier alpha value is 0.350. The quantitative estimate of drug-likeness (QED) is 0.582. The van der Waals surface area contributed by atoms with Gasteiger partial charge in [-0.15, -0.1) is 17.9 Å². The number of hydrogen-bond acceptors (Lipinski definition) is 1. The number of aromatic nitrogens is 1. The van der Waals surface area contributed by atoms with E-state index in [1.165, 1.54) is 27.2 Å². The molecule has 0 N–H and O–H groups in total. The van der Waals surface area contributed by atoms with E-state index in [9.17, 15) is 0 Å². The Morgan fingerprint density at radius 1 is 1.05 bits per heavy atom. The van der Waals surface area contributed by atoms with Gasteiger partial charge in [-0.1, -0.05) is 49.5 Å². The van der Waals surface area contributed by atoms with Crippen molar-refractivity contribution in [3.63, 3.8) is 0 Å². The first kappa shape index (κ1) is 18.7. The van der Waals surface area contributed by atoms with E-state index in [-0.39, 0.29) is 18.1 Å². The third-order valence-corrected chi connectivity index (χ3v) is 13.9. The molecule has 0 saturated carbocycles. The molecule has 22 heavy (non-hydrogen) atoms. The minimum Gasteiger partial charge on any atom is -0.264 e. The van der Waals surface area contributed by atoms with Crippen molar-refractivity contribution in [3.8, 4) is 0 Å². The molecule has 0 aliphatic rings. The lowest BCUT2D eigenvalue weighted by Gasteiger charge is -2.35. The van der Waals surface area contributed by atoms with Crippen LogP contribution in [0, 0.1) is 0 Å². The van der Waals surface area contributed by atoms with Crippen LogP contribution in [-0.4, -0.2) is 4.98 Å². The number of fused-ring (bicyclic) bond motifs is 1. The summed E-state index contributed by atoms with van der Waals surface area (Å²) in [5.74, 6) is 0. The number of rotatable bonds is 2. The van der Waals surface area contributed by atoms with E-state index in [0.29, 0.717) is 0 Å². The molecule has 2 rings (SSSR count). The molecule has 0 aliphatic carbocycles. The molecule has 4 atom stereocenters. The molecule has 1 nitrogen and oxygen atoms in total. The second-order valence-corrected chi connectivity index (χ2v) is 16.9. The Bertz CT molecular complexity index is 683. The molecule has 0 spiro atoms. The van der Waals surface area contributed by atoms with Crippen LogP contribution >= 0.6 is 33.1 Å². The molecule has 0 fully saturated rings. The largest absolute Gasteiger partial charge is 0.264 e. The summed E-state index contributed by atoms with van der Waals surface area (Å²) < 4.78 is 0. The fraction of sp³-hybridized carbons (Fsp3) is 0.471. The Labute approximate surface area is 142 Å². The van der Waals surface area contributed by atoms with E-state index in [1.807, 2.05) is 12.4 Å². The van der Waals surface area contributed by atoms with E-state index in [4.69, 9.17) is 0 Å². The molecule has 1 heterocycles. The van der Waals surface area contributed by atoms with Gasteiger partial charge in [-0.05, 0) is 52.1 Å². The topological polar surface area (TPSA) is 12.9 Å². The molecule has 0 saturated heterocycles. The van der Waals surface area contributed by atoms with Crippen LogP contribution in [0.5, 0.6) is 0 Å². The Balaban J connectivity index is 3.01. The summed E-state index contributed by atoms with van der Waals surface area (Å²) in [5.41, 5.74) is 3.23. The average molecular weight is 369 g/mol. The SMILES string of the molecule is CC(C)(C)c1c(P(P)PP)cc2ccncc2c1C(C)(C)C.